The van der Waals surface area contributed by atoms with Gasteiger partial charge in [-0.25, -0.2) is 4.39 Å². The second-order valence-electron chi connectivity index (χ2n) is 5.28. The van der Waals surface area contributed by atoms with Gasteiger partial charge >= 0.3 is 0 Å². The first-order valence-corrected chi connectivity index (χ1v) is 6.83. The zero-order chi connectivity index (χ0) is 13.0. The maximum absolute atomic E-state index is 13.3. The van der Waals surface area contributed by atoms with E-state index in [0.29, 0.717) is 5.92 Å². The van der Waals surface area contributed by atoms with Gasteiger partial charge in [0.1, 0.15) is 6.67 Å². The van der Waals surface area contributed by atoms with E-state index in [4.69, 9.17) is 0 Å². The Balaban J connectivity index is 0.00000180. The van der Waals surface area contributed by atoms with Gasteiger partial charge in [0.15, 0.2) is 0 Å². The van der Waals surface area contributed by atoms with Crippen LogP contribution in [0.4, 0.5) is 4.39 Å². The van der Waals surface area contributed by atoms with E-state index in [-0.39, 0.29) is 37.5 Å². The minimum Gasteiger partial charge on any atom is -0.314 e. The van der Waals surface area contributed by atoms with Gasteiger partial charge in [0.2, 0.25) is 0 Å². The maximum atomic E-state index is 13.3. The molecule has 1 saturated heterocycles. The van der Waals surface area contributed by atoms with Crippen molar-refractivity contribution < 1.29 is 4.39 Å². The van der Waals surface area contributed by atoms with E-state index in [1.54, 1.807) is 0 Å². The largest absolute Gasteiger partial charge is 0.314 e. The van der Waals surface area contributed by atoms with Gasteiger partial charge in [-0.3, -0.25) is 4.90 Å². The van der Waals surface area contributed by atoms with Crippen molar-refractivity contribution in [1.29, 1.82) is 0 Å². The highest BCUT2D eigenvalue weighted by molar-refractivity contribution is 5.85. The molecule has 0 saturated carbocycles. The first-order chi connectivity index (χ1) is 8.72. The molecule has 1 aromatic rings. The molecule has 0 unspecified atom stereocenters. The molecule has 1 aliphatic heterocycles. The zero-order valence-electron chi connectivity index (χ0n) is 12.1. The van der Waals surface area contributed by atoms with Crippen molar-refractivity contribution in [3.8, 4) is 0 Å². The number of nitrogens with one attached hydrogen (secondary N) is 1. The molecular weight excluding hydrogens is 298 g/mol. The highest BCUT2D eigenvalue weighted by Crippen LogP contribution is 2.24. The number of hydrogen-bond acceptors (Lipinski definition) is 2. The van der Waals surface area contributed by atoms with Crippen LogP contribution in [0, 0.1) is 0 Å². The molecule has 0 radical (unpaired) electrons. The molecular formula is C15H25Cl2FN2. The fourth-order valence-electron chi connectivity index (χ4n) is 2.49. The molecule has 1 aromatic carbocycles. The average molecular weight is 323 g/mol. The van der Waals surface area contributed by atoms with E-state index < -0.39 is 0 Å². The van der Waals surface area contributed by atoms with Crippen molar-refractivity contribution in [3.63, 3.8) is 0 Å². The lowest BCUT2D eigenvalue weighted by Gasteiger charge is -2.33. The summed E-state index contributed by atoms with van der Waals surface area (Å²) in [6.45, 7) is 7.83. The van der Waals surface area contributed by atoms with E-state index in [1.165, 1.54) is 5.56 Å². The lowest BCUT2D eigenvalue weighted by molar-refractivity contribution is 0.147. The third-order valence-corrected chi connectivity index (χ3v) is 3.73. The lowest BCUT2D eigenvalue weighted by Crippen LogP contribution is -2.45. The summed E-state index contributed by atoms with van der Waals surface area (Å²) in [6.07, 6.45) is 0. The number of piperazine rings is 1. The third-order valence-electron chi connectivity index (χ3n) is 3.73. The van der Waals surface area contributed by atoms with Crippen LogP contribution in [-0.2, 0) is 0 Å². The van der Waals surface area contributed by atoms with Crippen LogP contribution in [0.3, 0.4) is 0 Å². The van der Waals surface area contributed by atoms with Crippen molar-refractivity contribution >= 4 is 24.8 Å². The topological polar surface area (TPSA) is 15.3 Å². The van der Waals surface area contributed by atoms with Crippen LogP contribution in [-0.4, -0.2) is 37.8 Å². The molecule has 2 nitrogen and oxygen atoms in total. The van der Waals surface area contributed by atoms with Crippen molar-refractivity contribution in [3.05, 3.63) is 35.4 Å². The van der Waals surface area contributed by atoms with E-state index >= 15 is 0 Å². The standard InChI is InChI=1S/C15H23FN2.2ClH/c1-12(2)13-3-5-14(6-4-13)15(11-16)18-9-7-17-8-10-18;;/h3-6,12,15,17H,7-11H2,1-2H3;2*1H/t15-;;/m0../s1. The molecule has 116 valence electrons. The Bertz CT molecular complexity index is 365. The number of hydrogen-bond donors (Lipinski definition) is 1. The minimum absolute atomic E-state index is 0. The number of alkyl halides is 1. The van der Waals surface area contributed by atoms with Crippen molar-refractivity contribution in [1.82, 2.24) is 10.2 Å². The third kappa shape index (κ3) is 4.88. The SMILES string of the molecule is CC(C)c1ccc([C@H](CF)N2CCNCC2)cc1.Cl.Cl. The summed E-state index contributed by atoms with van der Waals surface area (Å²) in [6, 6.07) is 8.35. The molecule has 1 fully saturated rings. The Morgan fingerprint density at radius 2 is 1.55 bits per heavy atom. The van der Waals surface area contributed by atoms with Gasteiger partial charge in [-0.2, -0.15) is 0 Å². The molecule has 2 rings (SSSR count). The van der Waals surface area contributed by atoms with Gasteiger partial charge in [-0.05, 0) is 17.0 Å². The first-order valence-electron chi connectivity index (χ1n) is 6.83. The Labute approximate surface area is 133 Å². The first kappa shape index (κ1) is 19.7. The summed E-state index contributed by atoms with van der Waals surface area (Å²) in [5, 5.41) is 3.31. The fourth-order valence-corrected chi connectivity index (χ4v) is 2.49. The Morgan fingerprint density at radius 1 is 1.05 bits per heavy atom. The zero-order valence-corrected chi connectivity index (χ0v) is 13.8. The molecule has 0 bridgehead atoms. The smallest absolute Gasteiger partial charge is 0.109 e. The van der Waals surface area contributed by atoms with E-state index in [9.17, 15) is 4.39 Å². The molecule has 1 aliphatic rings. The normalized spacial score (nSPS) is 17.2. The second kappa shape index (κ2) is 9.56. The quantitative estimate of drug-likeness (QED) is 0.911. The highest BCUT2D eigenvalue weighted by atomic mass is 35.5. The van der Waals surface area contributed by atoms with Crippen molar-refractivity contribution in [2.45, 2.75) is 25.8 Å². The van der Waals surface area contributed by atoms with Gasteiger partial charge in [-0.15, -0.1) is 24.8 Å². The molecule has 0 amide bonds. The van der Waals surface area contributed by atoms with Crippen molar-refractivity contribution in [2.75, 3.05) is 32.9 Å². The van der Waals surface area contributed by atoms with E-state index in [2.05, 4.69) is 48.3 Å². The molecule has 1 heterocycles. The van der Waals surface area contributed by atoms with E-state index in [0.717, 1.165) is 31.7 Å². The average Bonchev–Trinajstić information content (AvgIpc) is 2.41. The summed E-state index contributed by atoms with van der Waals surface area (Å²) in [4.78, 5) is 2.24. The van der Waals surface area contributed by atoms with Crippen LogP contribution in [0.15, 0.2) is 24.3 Å². The molecule has 1 N–H and O–H groups in total. The lowest BCUT2D eigenvalue weighted by atomic mass is 9.98. The summed E-state index contributed by atoms with van der Waals surface area (Å²) < 4.78 is 13.3. The molecule has 0 aromatic heterocycles. The Kier molecular flexibility index (Phi) is 9.39. The van der Waals surface area contributed by atoms with Crippen LogP contribution in [0.2, 0.25) is 0 Å². The Morgan fingerprint density at radius 3 is 2.00 bits per heavy atom. The molecule has 1 atom stereocenters. The van der Waals surface area contributed by atoms with Crippen molar-refractivity contribution in [2.24, 2.45) is 0 Å². The van der Waals surface area contributed by atoms with Crippen LogP contribution in [0.1, 0.15) is 36.9 Å². The van der Waals surface area contributed by atoms with Crippen LogP contribution < -0.4 is 5.32 Å². The van der Waals surface area contributed by atoms with Gasteiger partial charge in [-0.1, -0.05) is 38.1 Å². The predicted molar refractivity (Wildman–Crippen MR) is 88.2 cm³/mol. The summed E-state index contributed by atoms with van der Waals surface area (Å²) >= 11 is 0. The minimum atomic E-state index is -0.305. The highest BCUT2D eigenvalue weighted by Gasteiger charge is 2.21. The molecule has 0 spiro atoms. The molecule has 5 heteroatoms. The van der Waals surface area contributed by atoms with Crippen LogP contribution in [0.25, 0.3) is 0 Å². The van der Waals surface area contributed by atoms with Gasteiger partial charge < -0.3 is 5.32 Å². The summed E-state index contributed by atoms with van der Waals surface area (Å²) in [5.74, 6) is 0.530. The predicted octanol–water partition coefficient (Wildman–Crippen LogP) is 3.57. The monoisotopic (exact) mass is 322 g/mol. The summed E-state index contributed by atoms with van der Waals surface area (Å²) in [5.41, 5.74) is 2.42. The van der Waals surface area contributed by atoms with Gasteiger partial charge in [0.05, 0.1) is 6.04 Å². The molecule has 20 heavy (non-hydrogen) atoms. The molecule has 0 aliphatic carbocycles. The fraction of sp³-hybridized carbons (Fsp3) is 0.600. The van der Waals surface area contributed by atoms with Crippen LogP contribution >= 0.6 is 24.8 Å². The number of rotatable bonds is 4. The van der Waals surface area contributed by atoms with E-state index in [1.807, 2.05) is 0 Å². The van der Waals surface area contributed by atoms with Gasteiger partial charge in [0.25, 0.3) is 0 Å². The number of benzene rings is 1. The summed E-state index contributed by atoms with van der Waals surface area (Å²) in [7, 11) is 0. The Hall–Kier alpha value is -0.350. The number of nitrogens with zero attached hydrogens (tertiary/aromatic N) is 1. The number of halogens is 3. The van der Waals surface area contributed by atoms with Crippen LogP contribution in [0.5, 0.6) is 0 Å². The maximum Gasteiger partial charge on any atom is 0.109 e. The second-order valence-corrected chi connectivity index (χ2v) is 5.28. The van der Waals surface area contributed by atoms with Gasteiger partial charge in [0, 0.05) is 26.2 Å².